The van der Waals surface area contributed by atoms with Crippen LogP contribution in [0, 0.1) is 0 Å². The molecule has 1 aromatic carbocycles. The zero-order valence-electron chi connectivity index (χ0n) is 11.2. The van der Waals surface area contributed by atoms with E-state index in [4.69, 9.17) is 9.84 Å². The zero-order valence-corrected chi connectivity index (χ0v) is 11.2. The molecule has 0 fully saturated rings. The Morgan fingerprint density at radius 2 is 1.94 bits per heavy atom. The quantitative estimate of drug-likeness (QED) is 0.843. The molecule has 0 aromatic heterocycles. The summed E-state index contributed by atoms with van der Waals surface area (Å²) in [7, 11) is 0. The summed E-state index contributed by atoms with van der Waals surface area (Å²) >= 11 is 0. The first-order chi connectivity index (χ1) is 8.63. The molecule has 1 rings (SSSR count). The lowest BCUT2D eigenvalue weighted by Crippen LogP contribution is -2.40. The highest BCUT2D eigenvalue weighted by atomic mass is 16.5. The number of aliphatic hydroxyl groups excluding tert-OH is 1. The molecule has 4 nitrogen and oxygen atoms in total. The van der Waals surface area contributed by atoms with Gasteiger partial charge in [-0.2, -0.15) is 0 Å². The third kappa shape index (κ3) is 3.47. The maximum atomic E-state index is 11.8. The van der Waals surface area contributed by atoms with Crippen LogP contribution in [0.5, 0.6) is 5.75 Å². The third-order valence-electron chi connectivity index (χ3n) is 2.86. The van der Waals surface area contributed by atoms with Crippen molar-refractivity contribution in [2.75, 3.05) is 18.1 Å². The molecule has 0 saturated heterocycles. The maximum Gasteiger partial charge on any atom is 0.252 e. The fourth-order valence-corrected chi connectivity index (χ4v) is 1.77. The molecule has 4 heteroatoms. The van der Waals surface area contributed by atoms with Gasteiger partial charge in [-0.25, -0.2) is 0 Å². The van der Waals surface area contributed by atoms with Crippen LogP contribution in [0.3, 0.4) is 0 Å². The van der Waals surface area contributed by atoms with Gasteiger partial charge in [0.1, 0.15) is 12.4 Å². The van der Waals surface area contributed by atoms with Crippen molar-refractivity contribution in [3.63, 3.8) is 0 Å². The molecule has 0 radical (unpaired) electrons. The molecular formula is C14H21NO3. The zero-order chi connectivity index (χ0) is 13.5. The normalized spacial score (nSPS) is 12.0. The maximum absolute atomic E-state index is 11.8. The SMILES string of the molecule is CCOc1ccc(N(C(=O)CO)C(C)CC)cc1. The number of rotatable bonds is 6. The molecule has 0 aliphatic heterocycles. The van der Waals surface area contributed by atoms with Crippen molar-refractivity contribution in [1.82, 2.24) is 0 Å². The third-order valence-corrected chi connectivity index (χ3v) is 2.86. The summed E-state index contributed by atoms with van der Waals surface area (Å²) in [6, 6.07) is 7.40. The monoisotopic (exact) mass is 251 g/mol. The Balaban J connectivity index is 2.94. The first-order valence-electron chi connectivity index (χ1n) is 6.29. The molecule has 0 spiro atoms. The number of aliphatic hydroxyl groups is 1. The van der Waals surface area contributed by atoms with Gasteiger partial charge in [0.05, 0.1) is 6.61 Å². The highest BCUT2D eigenvalue weighted by Crippen LogP contribution is 2.22. The summed E-state index contributed by atoms with van der Waals surface area (Å²) in [5.74, 6) is 0.496. The Labute approximate surface area is 108 Å². The summed E-state index contributed by atoms with van der Waals surface area (Å²) < 4.78 is 5.36. The number of nitrogens with zero attached hydrogens (tertiary/aromatic N) is 1. The van der Waals surface area contributed by atoms with Gasteiger partial charge >= 0.3 is 0 Å². The fourth-order valence-electron chi connectivity index (χ4n) is 1.77. The van der Waals surface area contributed by atoms with Crippen LogP contribution in [0.1, 0.15) is 27.2 Å². The first kappa shape index (κ1) is 14.5. The van der Waals surface area contributed by atoms with Crippen LogP contribution in [0.25, 0.3) is 0 Å². The van der Waals surface area contributed by atoms with Crippen LogP contribution in [0.2, 0.25) is 0 Å². The predicted molar refractivity (Wildman–Crippen MR) is 71.9 cm³/mol. The van der Waals surface area contributed by atoms with E-state index in [0.717, 1.165) is 17.9 Å². The van der Waals surface area contributed by atoms with Crippen LogP contribution < -0.4 is 9.64 Å². The standard InChI is InChI=1S/C14H21NO3/c1-4-11(3)15(14(17)10-16)12-6-8-13(9-7-12)18-5-2/h6-9,11,16H,4-5,10H2,1-3H3. The summed E-state index contributed by atoms with van der Waals surface area (Å²) in [5.41, 5.74) is 0.784. The van der Waals surface area contributed by atoms with E-state index < -0.39 is 6.61 Å². The van der Waals surface area contributed by atoms with Gasteiger partial charge in [0, 0.05) is 11.7 Å². The van der Waals surface area contributed by atoms with E-state index in [1.165, 1.54) is 0 Å². The molecule has 0 aliphatic rings. The lowest BCUT2D eigenvalue weighted by Gasteiger charge is -2.28. The molecule has 1 unspecified atom stereocenters. The lowest BCUT2D eigenvalue weighted by molar-refractivity contribution is -0.121. The largest absolute Gasteiger partial charge is 0.494 e. The molecule has 1 amide bonds. The predicted octanol–water partition coefficient (Wildman–Crippen LogP) is 2.21. The van der Waals surface area contributed by atoms with Gasteiger partial charge in [-0.15, -0.1) is 0 Å². The molecule has 0 heterocycles. The van der Waals surface area contributed by atoms with Crippen molar-refractivity contribution in [2.24, 2.45) is 0 Å². The van der Waals surface area contributed by atoms with Gasteiger partial charge in [0.15, 0.2) is 0 Å². The number of amides is 1. The Kier molecular flexibility index (Phi) is 5.65. The molecule has 0 bridgehead atoms. The second-order valence-electron chi connectivity index (χ2n) is 4.11. The fraction of sp³-hybridized carbons (Fsp3) is 0.500. The van der Waals surface area contributed by atoms with E-state index in [1.807, 2.05) is 45.0 Å². The van der Waals surface area contributed by atoms with E-state index in [0.29, 0.717) is 6.61 Å². The van der Waals surface area contributed by atoms with E-state index in [-0.39, 0.29) is 11.9 Å². The number of hydrogen-bond acceptors (Lipinski definition) is 3. The number of hydrogen-bond donors (Lipinski definition) is 1. The van der Waals surface area contributed by atoms with Crippen molar-refractivity contribution < 1.29 is 14.6 Å². The molecular weight excluding hydrogens is 230 g/mol. The van der Waals surface area contributed by atoms with Gasteiger partial charge in [-0.3, -0.25) is 4.79 Å². The molecule has 1 N–H and O–H groups in total. The highest BCUT2D eigenvalue weighted by molar-refractivity contribution is 5.94. The number of ether oxygens (including phenoxy) is 1. The molecule has 100 valence electrons. The molecule has 0 saturated carbocycles. The van der Waals surface area contributed by atoms with Crippen molar-refractivity contribution in [3.8, 4) is 5.75 Å². The smallest absolute Gasteiger partial charge is 0.252 e. The number of anilines is 1. The summed E-state index contributed by atoms with van der Waals surface area (Å²) in [6.45, 7) is 6.04. The van der Waals surface area contributed by atoms with Crippen LogP contribution in [-0.2, 0) is 4.79 Å². The van der Waals surface area contributed by atoms with Gasteiger partial charge < -0.3 is 14.7 Å². The topological polar surface area (TPSA) is 49.8 Å². The van der Waals surface area contributed by atoms with Crippen molar-refractivity contribution in [2.45, 2.75) is 33.2 Å². The van der Waals surface area contributed by atoms with Crippen molar-refractivity contribution in [1.29, 1.82) is 0 Å². The molecule has 1 aromatic rings. The van der Waals surface area contributed by atoms with Crippen LogP contribution >= 0.6 is 0 Å². The summed E-state index contributed by atoms with van der Waals surface area (Å²) in [6.07, 6.45) is 0.832. The minimum atomic E-state index is -0.475. The van der Waals surface area contributed by atoms with E-state index in [9.17, 15) is 4.79 Å². The Morgan fingerprint density at radius 3 is 2.39 bits per heavy atom. The number of benzene rings is 1. The average Bonchev–Trinajstić information content (AvgIpc) is 2.40. The van der Waals surface area contributed by atoms with Crippen LogP contribution in [0.4, 0.5) is 5.69 Å². The van der Waals surface area contributed by atoms with Crippen LogP contribution in [0.15, 0.2) is 24.3 Å². The Bertz CT molecular complexity index is 375. The second-order valence-corrected chi connectivity index (χ2v) is 4.11. The van der Waals surface area contributed by atoms with Crippen LogP contribution in [-0.4, -0.2) is 30.3 Å². The minimum Gasteiger partial charge on any atom is -0.494 e. The minimum absolute atomic E-state index is 0.0580. The summed E-state index contributed by atoms with van der Waals surface area (Å²) in [5, 5.41) is 9.03. The number of carbonyl (C=O) groups excluding carboxylic acids is 1. The average molecular weight is 251 g/mol. The molecule has 18 heavy (non-hydrogen) atoms. The summed E-state index contributed by atoms with van der Waals surface area (Å²) in [4.78, 5) is 13.4. The Hall–Kier alpha value is -1.55. The van der Waals surface area contributed by atoms with Gasteiger partial charge in [0.25, 0.3) is 5.91 Å². The van der Waals surface area contributed by atoms with Crippen molar-refractivity contribution in [3.05, 3.63) is 24.3 Å². The molecule has 0 aliphatic carbocycles. The highest BCUT2D eigenvalue weighted by Gasteiger charge is 2.19. The number of carbonyl (C=O) groups is 1. The van der Waals surface area contributed by atoms with E-state index >= 15 is 0 Å². The lowest BCUT2D eigenvalue weighted by atomic mass is 10.1. The van der Waals surface area contributed by atoms with E-state index in [2.05, 4.69) is 0 Å². The second kappa shape index (κ2) is 7.01. The van der Waals surface area contributed by atoms with Crippen molar-refractivity contribution >= 4 is 11.6 Å². The van der Waals surface area contributed by atoms with Gasteiger partial charge in [0.2, 0.25) is 0 Å². The van der Waals surface area contributed by atoms with Gasteiger partial charge in [-0.1, -0.05) is 6.92 Å². The van der Waals surface area contributed by atoms with Gasteiger partial charge in [-0.05, 0) is 44.5 Å². The Morgan fingerprint density at radius 1 is 1.33 bits per heavy atom. The first-order valence-corrected chi connectivity index (χ1v) is 6.29. The molecule has 1 atom stereocenters. The van der Waals surface area contributed by atoms with E-state index in [1.54, 1.807) is 4.90 Å².